The van der Waals surface area contributed by atoms with Crippen LogP contribution in [0.3, 0.4) is 0 Å². The maximum Gasteiger partial charge on any atom is 0.194 e. The van der Waals surface area contributed by atoms with Crippen molar-refractivity contribution in [3.8, 4) is 0 Å². The van der Waals surface area contributed by atoms with E-state index in [0.717, 1.165) is 6.07 Å². The number of likely N-dealkylation sites (N-methyl/N-ethyl adjacent to an activating group) is 1. The monoisotopic (exact) mass is 233 g/mol. The summed E-state index contributed by atoms with van der Waals surface area (Å²) in [5.41, 5.74) is 0.0719. The lowest BCUT2D eigenvalue weighted by atomic mass is 10.1. The molecule has 0 spiro atoms. The number of ether oxygens (including phenoxy) is 1. The normalized spacial score (nSPS) is 12.8. The van der Waals surface area contributed by atoms with Crippen molar-refractivity contribution in [3.63, 3.8) is 0 Å². The minimum atomic E-state index is -1.45. The molecule has 0 heterocycles. The Balaban J connectivity index is 3.04. The van der Waals surface area contributed by atoms with Crippen LogP contribution in [0.1, 0.15) is 18.5 Å². The molecule has 0 aromatic heterocycles. The molecule has 0 aliphatic carbocycles. The lowest BCUT2D eigenvalue weighted by Gasteiger charge is -2.18. The molecule has 0 radical (unpaired) electrons. The third-order valence-electron chi connectivity index (χ3n) is 2.22. The van der Waals surface area contributed by atoms with Crippen LogP contribution in [0.2, 0.25) is 0 Å². The predicted molar refractivity (Wildman–Crippen MR) is 54.6 cm³/mol. The Hall–Kier alpha value is -1.07. The fraction of sp³-hybridized carbons (Fsp3) is 0.455. The molecule has 1 N–H and O–H groups in total. The molecule has 0 fully saturated rings. The second-order valence-corrected chi connectivity index (χ2v) is 3.33. The van der Waals surface area contributed by atoms with Crippen molar-refractivity contribution in [2.75, 3.05) is 20.3 Å². The number of halogens is 3. The summed E-state index contributed by atoms with van der Waals surface area (Å²) in [7, 11) is 1.46. The Morgan fingerprint density at radius 3 is 2.50 bits per heavy atom. The average molecular weight is 233 g/mol. The number of rotatable bonds is 5. The topological polar surface area (TPSA) is 21.3 Å². The summed E-state index contributed by atoms with van der Waals surface area (Å²) in [4.78, 5) is 0. The van der Waals surface area contributed by atoms with Gasteiger partial charge in [-0.1, -0.05) is 13.0 Å². The van der Waals surface area contributed by atoms with Gasteiger partial charge in [0.25, 0.3) is 0 Å². The van der Waals surface area contributed by atoms with Gasteiger partial charge < -0.3 is 10.1 Å². The maximum absolute atomic E-state index is 13.4. The largest absolute Gasteiger partial charge is 0.383 e. The van der Waals surface area contributed by atoms with E-state index >= 15 is 0 Å². The minimum absolute atomic E-state index is 0.0719. The molecule has 1 aromatic rings. The summed E-state index contributed by atoms with van der Waals surface area (Å²) < 4.78 is 44.1. The van der Waals surface area contributed by atoms with E-state index in [2.05, 4.69) is 5.32 Å². The van der Waals surface area contributed by atoms with Crippen molar-refractivity contribution >= 4 is 0 Å². The number of methoxy groups -OCH3 is 1. The zero-order chi connectivity index (χ0) is 12.1. The highest BCUT2D eigenvalue weighted by atomic mass is 19.2. The fourth-order valence-electron chi connectivity index (χ4n) is 1.48. The van der Waals surface area contributed by atoms with Crippen LogP contribution in [0, 0.1) is 17.5 Å². The molecule has 5 heteroatoms. The quantitative estimate of drug-likeness (QED) is 0.788. The molecule has 0 amide bonds. The molecule has 1 aromatic carbocycles. The predicted octanol–water partition coefficient (Wildman–Crippen LogP) is 2.40. The first-order valence-electron chi connectivity index (χ1n) is 4.97. The highest BCUT2D eigenvalue weighted by Crippen LogP contribution is 2.21. The SMILES string of the molecule is CCNC(COC)c1ccc(F)c(F)c1F. The first-order chi connectivity index (χ1) is 7.61. The number of hydrogen-bond donors (Lipinski definition) is 1. The van der Waals surface area contributed by atoms with Crippen LogP contribution in [0.5, 0.6) is 0 Å². The molecular weight excluding hydrogens is 219 g/mol. The van der Waals surface area contributed by atoms with Gasteiger partial charge in [0.05, 0.1) is 12.6 Å². The van der Waals surface area contributed by atoms with Crippen molar-refractivity contribution < 1.29 is 17.9 Å². The van der Waals surface area contributed by atoms with Crippen LogP contribution in [-0.2, 0) is 4.74 Å². The van der Waals surface area contributed by atoms with Crippen LogP contribution in [0.15, 0.2) is 12.1 Å². The molecular formula is C11H14F3NO. The third-order valence-corrected chi connectivity index (χ3v) is 2.22. The van der Waals surface area contributed by atoms with Crippen molar-refractivity contribution in [3.05, 3.63) is 35.1 Å². The summed E-state index contributed by atoms with van der Waals surface area (Å²) >= 11 is 0. The van der Waals surface area contributed by atoms with Crippen molar-refractivity contribution in [1.82, 2.24) is 5.32 Å². The summed E-state index contributed by atoms with van der Waals surface area (Å²) in [5.74, 6) is -3.80. The Bertz CT molecular complexity index is 351. The van der Waals surface area contributed by atoms with Crippen LogP contribution in [0.25, 0.3) is 0 Å². The Kier molecular flexibility index (Phi) is 4.76. The molecule has 0 bridgehead atoms. The Morgan fingerprint density at radius 1 is 1.25 bits per heavy atom. The second kappa shape index (κ2) is 5.86. The van der Waals surface area contributed by atoms with Gasteiger partial charge in [-0.25, -0.2) is 13.2 Å². The lowest BCUT2D eigenvalue weighted by Crippen LogP contribution is -2.26. The zero-order valence-electron chi connectivity index (χ0n) is 9.19. The van der Waals surface area contributed by atoms with Gasteiger partial charge >= 0.3 is 0 Å². The molecule has 0 aliphatic rings. The smallest absolute Gasteiger partial charge is 0.194 e. The van der Waals surface area contributed by atoms with Crippen LogP contribution < -0.4 is 5.32 Å². The molecule has 16 heavy (non-hydrogen) atoms. The highest BCUT2D eigenvalue weighted by molar-refractivity contribution is 5.23. The van der Waals surface area contributed by atoms with Crippen molar-refractivity contribution in [1.29, 1.82) is 0 Å². The first-order valence-corrected chi connectivity index (χ1v) is 4.97. The van der Waals surface area contributed by atoms with Gasteiger partial charge in [0.1, 0.15) is 0 Å². The molecule has 0 saturated heterocycles. The Morgan fingerprint density at radius 2 is 1.94 bits per heavy atom. The van der Waals surface area contributed by atoms with Gasteiger partial charge in [-0.15, -0.1) is 0 Å². The summed E-state index contributed by atoms with van der Waals surface area (Å²) in [5, 5.41) is 2.93. The second-order valence-electron chi connectivity index (χ2n) is 3.33. The van der Waals surface area contributed by atoms with E-state index in [1.807, 2.05) is 6.92 Å². The van der Waals surface area contributed by atoms with E-state index in [-0.39, 0.29) is 12.2 Å². The van der Waals surface area contributed by atoms with E-state index in [1.165, 1.54) is 13.2 Å². The third kappa shape index (κ3) is 2.74. The van der Waals surface area contributed by atoms with Gasteiger partial charge in [0.15, 0.2) is 17.5 Å². The molecule has 2 nitrogen and oxygen atoms in total. The van der Waals surface area contributed by atoms with Gasteiger partial charge in [0, 0.05) is 12.7 Å². The molecule has 0 saturated carbocycles. The van der Waals surface area contributed by atoms with Crippen molar-refractivity contribution in [2.45, 2.75) is 13.0 Å². The Labute approximate surface area is 92.4 Å². The number of hydrogen-bond acceptors (Lipinski definition) is 2. The molecule has 1 unspecified atom stereocenters. The fourth-order valence-corrected chi connectivity index (χ4v) is 1.48. The van der Waals surface area contributed by atoms with Gasteiger partial charge in [-0.05, 0) is 12.6 Å². The first kappa shape index (κ1) is 13.0. The minimum Gasteiger partial charge on any atom is -0.383 e. The van der Waals surface area contributed by atoms with E-state index < -0.39 is 23.5 Å². The number of nitrogens with one attached hydrogen (secondary N) is 1. The highest BCUT2D eigenvalue weighted by Gasteiger charge is 2.19. The van der Waals surface area contributed by atoms with E-state index in [0.29, 0.717) is 6.54 Å². The average Bonchev–Trinajstić information content (AvgIpc) is 2.26. The van der Waals surface area contributed by atoms with Crippen LogP contribution >= 0.6 is 0 Å². The molecule has 90 valence electrons. The maximum atomic E-state index is 13.4. The molecule has 1 rings (SSSR count). The number of benzene rings is 1. The van der Waals surface area contributed by atoms with Gasteiger partial charge in [-0.3, -0.25) is 0 Å². The summed E-state index contributed by atoms with van der Waals surface area (Å²) in [6, 6.07) is 1.65. The lowest BCUT2D eigenvalue weighted by molar-refractivity contribution is 0.165. The van der Waals surface area contributed by atoms with Gasteiger partial charge in [-0.2, -0.15) is 0 Å². The molecule has 1 atom stereocenters. The summed E-state index contributed by atoms with van der Waals surface area (Å²) in [6.45, 7) is 2.60. The summed E-state index contributed by atoms with van der Waals surface area (Å²) in [6.07, 6.45) is 0. The van der Waals surface area contributed by atoms with Crippen LogP contribution in [0.4, 0.5) is 13.2 Å². The van der Waals surface area contributed by atoms with Gasteiger partial charge in [0.2, 0.25) is 0 Å². The van der Waals surface area contributed by atoms with Crippen molar-refractivity contribution in [2.24, 2.45) is 0 Å². The van der Waals surface area contributed by atoms with Crippen LogP contribution in [-0.4, -0.2) is 20.3 Å². The van der Waals surface area contributed by atoms with E-state index in [1.54, 1.807) is 0 Å². The standard InChI is InChI=1S/C11H14F3NO/c1-3-15-9(6-16-2)7-4-5-8(12)11(14)10(7)13/h4-5,9,15H,3,6H2,1-2H3. The molecule has 0 aliphatic heterocycles. The van der Waals surface area contributed by atoms with E-state index in [9.17, 15) is 13.2 Å². The van der Waals surface area contributed by atoms with E-state index in [4.69, 9.17) is 4.74 Å². The zero-order valence-corrected chi connectivity index (χ0v) is 9.19.